The van der Waals surface area contributed by atoms with E-state index in [4.69, 9.17) is 5.11 Å². The molecule has 1 aromatic carbocycles. The van der Waals surface area contributed by atoms with Crippen molar-refractivity contribution in [3.05, 3.63) is 29.8 Å². The lowest BCUT2D eigenvalue weighted by atomic mass is 10.0. The second kappa shape index (κ2) is 8.85. The summed E-state index contributed by atoms with van der Waals surface area (Å²) in [4.78, 5) is 30.4. The first-order valence-corrected chi connectivity index (χ1v) is 10.0. The minimum absolute atomic E-state index is 0.0731. The van der Waals surface area contributed by atoms with E-state index in [2.05, 4.69) is 17.0 Å². The molecule has 2 atom stereocenters. The molecule has 0 radical (unpaired) electrons. The highest BCUT2D eigenvalue weighted by atomic mass is 16.4. The molecule has 1 aromatic rings. The first-order chi connectivity index (χ1) is 13.0. The molecule has 2 unspecified atom stereocenters. The molecule has 0 aromatic heterocycles. The fraction of sp³-hybridized carbons (Fsp3) is 0.619. The minimum atomic E-state index is -0.786. The Morgan fingerprint density at radius 1 is 1.19 bits per heavy atom. The Kier molecular flexibility index (Phi) is 6.50. The van der Waals surface area contributed by atoms with Crippen LogP contribution >= 0.6 is 0 Å². The van der Waals surface area contributed by atoms with Crippen molar-refractivity contribution in [2.24, 2.45) is 0 Å². The third-order valence-corrected chi connectivity index (χ3v) is 6.02. The molecule has 3 rings (SSSR count). The number of amides is 1. The summed E-state index contributed by atoms with van der Waals surface area (Å²) in [6, 6.07) is 8.33. The average molecular weight is 373 g/mol. The van der Waals surface area contributed by atoms with Crippen molar-refractivity contribution in [2.45, 2.75) is 51.1 Å². The summed E-state index contributed by atoms with van der Waals surface area (Å²) in [5.74, 6) is -0.606. The minimum Gasteiger partial charge on any atom is -0.480 e. The van der Waals surface area contributed by atoms with Gasteiger partial charge in [0.2, 0.25) is 5.91 Å². The molecule has 2 aliphatic heterocycles. The fourth-order valence-corrected chi connectivity index (χ4v) is 4.42. The van der Waals surface area contributed by atoms with E-state index in [1.807, 2.05) is 35.9 Å². The Bertz CT molecular complexity index is 678. The van der Waals surface area contributed by atoms with Crippen LogP contribution in [0.2, 0.25) is 0 Å². The van der Waals surface area contributed by atoms with Gasteiger partial charge < -0.3 is 10.0 Å². The Labute approximate surface area is 161 Å². The molecule has 1 N–H and O–H groups in total. The number of rotatable bonds is 5. The van der Waals surface area contributed by atoms with Crippen LogP contribution in [0.1, 0.15) is 38.2 Å². The van der Waals surface area contributed by atoms with E-state index in [0.29, 0.717) is 0 Å². The zero-order valence-corrected chi connectivity index (χ0v) is 16.4. The number of nitrogens with zero attached hydrogens (tertiary/aromatic N) is 3. The first kappa shape index (κ1) is 19.8. The van der Waals surface area contributed by atoms with Crippen LogP contribution in [-0.4, -0.2) is 72.1 Å². The lowest BCUT2D eigenvalue weighted by Gasteiger charge is -2.35. The number of anilines is 1. The van der Waals surface area contributed by atoms with Gasteiger partial charge in [0.1, 0.15) is 0 Å². The number of aliphatic carboxylic acids is 1. The molecular weight excluding hydrogens is 342 g/mol. The lowest BCUT2D eigenvalue weighted by molar-refractivity contribution is -0.138. The Hall–Kier alpha value is -1.92. The van der Waals surface area contributed by atoms with Crippen molar-refractivity contribution < 1.29 is 14.7 Å². The molecule has 1 fully saturated rings. The van der Waals surface area contributed by atoms with Crippen molar-refractivity contribution in [2.75, 3.05) is 38.1 Å². The SMILES string of the molecule is CC(C(=O)N1CCCc2ccccc21)N1CCCC(N(C)CC(=O)O)CC1. The van der Waals surface area contributed by atoms with Gasteiger partial charge >= 0.3 is 5.97 Å². The molecule has 0 aliphatic carbocycles. The highest BCUT2D eigenvalue weighted by molar-refractivity contribution is 5.98. The maximum Gasteiger partial charge on any atom is 0.317 e. The van der Waals surface area contributed by atoms with E-state index in [-0.39, 0.29) is 24.5 Å². The molecule has 0 saturated carbocycles. The standard InChI is InChI=1S/C21H31N3O3/c1-16(21(27)24-13-5-8-17-7-3-4-10-19(17)24)23-12-6-9-18(11-14-23)22(2)15-20(25)26/h3-4,7,10,16,18H,5-6,8-9,11-15H2,1-2H3,(H,25,26). The Morgan fingerprint density at radius 3 is 2.74 bits per heavy atom. The fourth-order valence-electron chi connectivity index (χ4n) is 4.42. The highest BCUT2D eigenvalue weighted by Gasteiger charge is 2.31. The van der Waals surface area contributed by atoms with Gasteiger partial charge in [-0.15, -0.1) is 0 Å². The van der Waals surface area contributed by atoms with Gasteiger partial charge in [-0.25, -0.2) is 0 Å². The summed E-state index contributed by atoms with van der Waals surface area (Å²) < 4.78 is 0. The van der Waals surface area contributed by atoms with E-state index in [1.54, 1.807) is 0 Å². The van der Waals surface area contributed by atoms with Crippen LogP contribution in [0.3, 0.4) is 0 Å². The van der Waals surface area contributed by atoms with Crippen molar-refractivity contribution in [3.63, 3.8) is 0 Å². The molecule has 2 heterocycles. The van der Waals surface area contributed by atoms with Crippen molar-refractivity contribution >= 4 is 17.6 Å². The maximum atomic E-state index is 13.2. The molecule has 6 nitrogen and oxygen atoms in total. The normalized spacial score (nSPS) is 22.2. The van der Waals surface area contributed by atoms with E-state index in [1.165, 1.54) is 5.56 Å². The zero-order valence-electron chi connectivity index (χ0n) is 16.4. The number of aryl methyl sites for hydroxylation is 1. The zero-order chi connectivity index (χ0) is 19.4. The van der Waals surface area contributed by atoms with Gasteiger partial charge in [0, 0.05) is 24.8 Å². The molecule has 0 spiro atoms. The second-order valence-electron chi connectivity index (χ2n) is 7.83. The smallest absolute Gasteiger partial charge is 0.317 e. The predicted octanol–water partition coefficient (Wildman–Crippen LogP) is 2.23. The van der Waals surface area contributed by atoms with Crippen LogP contribution in [0.5, 0.6) is 0 Å². The number of likely N-dealkylation sites (N-methyl/N-ethyl adjacent to an activating group) is 1. The van der Waals surface area contributed by atoms with Gasteiger partial charge in [-0.2, -0.15) is 0 Å². The maximum absolute atomic E-state index is 13.2. The van der Waals surface area contributed by atoms with Crippen LogP contribution in [0, 0.1) is 0 Å². The number of benzene rings is 1. The molecular formula is C21H31N3O3. The number of carbonyl (C=O) groups excluding carboxylic acids is 1. The second-order valence-corrected chi connectivity index (χ2v) is 7.83. The highest BCUT2D eigenvalue weighted by Crippen LogP contribution is 2.28. The van der Waals surface area contributed by atoms with Crippen LogP contribution < -0.4 is 4.90 Å². The van der Waals surface area contributed by atoms with Gasteiger partial charge in [0.05, 0.1) is 12.6 Å². The number of hydrogen-bond donors (Lipinski definition) is 1. The number of likely N-dealkylation sites (tertiary alicyclic amines) is 1. The topological polar surface area (TPSA) is 64.1 Å². The van der Waals surface area contributed by atoms with Gasteiger partial charge in [0.25, 0.3) is 0 Å². The number of carboxylic acids is 1. The van der Waals surface area contributed by atoms with E-state index in [0.717, 1.165) is 57.4 Å². The van der Waals surface area contributed by atoms with Crippen LogP contribution in [0.4, 0.5) is 5.69 Å². The summed E-state index contributed by atoms with van der Waals surface area (Å²) in [7, 11) is 1.88. The molecule has 2 aliphatic rings. The lowest BCUT2D eigenvalue weighted by Crippen LogP contribution is -2.49. The third-order valence-electron chi connectivity index (χ3n) is 6.02. The number of carboxylic acid groups (broad SMARTS) is 1. The van der Waals surface area contributed by atoms with Gasteiger partial charge in [-0.3, -0.25) is 19.4 Å². The number of para-hydroxylation sites is 1. The number of fused-ring (bicyclic) bond motifs is 1. The van der Waals surface area contributed by atoms with E-state index < -0.39 is 5.97 Å². The van der Waals surface area contributed by atoms with Crippen LogP contribution in [0.25, 0.3) is 0 Å². The summed E-state index contributed by atoms with van der Waals surface area (Å²) in [6.07, 6.45) is 4.92. The molecule has 27 heavy (non-hydrogen) atoms. The average Bonchev–Trinajstić information content (AvgIpc) is 2.92. The van der Waals surface area contributed by atoms with Crippen molar-refractivity contribution in [3.8, 4) is 0 Å². The Morgan fingerprint density at radius 2 is 1.96 bits per heavy atom. The monoisotopic (exact) mass is 373 g/mol. The molecule has 148 valence electrons. The molecule has 6 heteroatoms. The van der Waals surface area contributed by atoms with E-state index in [9.17, 15) is 9.59 Å². The largest absolute Gasteiger partial charge is 0.480 e. The van der Waals surface area contributed by atoms with Crippen LogP contribution in [0.15, 0.2) is 24.3 Å². The molecule has 1 saturated heterocycles. The van der Waals surface area contributed by atoms with Crippen LogP contribution in [-0.2, 0) is 16.0 Å². The van der Waals surface area contributed by atoms with E-state index >= 15 is 0 Å². The number of hydrogen-bond acceptors (Lipinski definition) is 4. The van der Waals surface area contributed by atoms with Gasteiger partial charge in [-0.1, -0.05) is 18.2 Å². The summed E-state index contributed by atoms with van der Waals surface area (Å²) in [6.45, 7) is 4.60. The molecule has 1 amide bonds. The Balaban J connectivity index is 1.63. The molecule has 0 bridgehead atoms. The van der Waals surface area contributed by atoms with Gasteiger partial charge in [0.15, 0.2) is 0 Å². The summed E-state index contributed by atoms with van der Waals surface area (Å²) in [5, 5.41) is 9.02. The van der Waals surface area contributed by atoms with Crippen molar-refractivity contribution in [1.29, 1.82) is 0 Å². The van der Waals surface area contributed by atoms with Gasteiger partial charge in [-0.05, 0) is 64.3 Å². The summed E-state index contributed by atoms with van der Waals surface area (Å²) in [5.41, 5.74) is 2.32. The number of carbonyl (C=O) groups is 2. The van der Waals surface area contributed by atoms with Crippen molar-refractivity contribution in [1.82, 2.24) is 9.80 Å². The quantitative estimate of drug-likeness (QED) is 0.857. The summed E-state index contributed by atoms with van der Waals surface area (Å²) >= 11 is 0. The predicted molar refractivity (Wildman–Crippen MR) is 106 cm³/mol. The first-order valence-electron chi connectivity index (χ1n) is 10.0. The third kappa shape index (κ3) is 4.68.